The summed E-state index contributed by atoms with van der Waals surface area (Å²) in [4.78, 5) is 0. The van der Waals surface area contributed by atoms with Crippen molar-refractivity contribution in [2.45, 2.75) is 46.2 Å². The molecule has 0 unspecified atom stereocenters. The standard InChI is InChI=1S/C10H19N3/c1-4-5-6-12-7-8-13(9(2)3)10(12)11/h7-9,11H,4-6H2,1-3H3. The Morgan fingerprint density at radius 2 is 2.08 bits per heavy atom. The highest BCUT2D eigenvalue weighted by Crippen LogP contribution is 1.99. The van der Waals surface area contributed by atoms with Crippen molar-refractivity contribution in [3.8, 4) is 0 Å². The number of hydrogen-bond donors (Lipinski definition) is 1. The van der Waals surface area contributed by atoms with Crippen LogP contribution in [-0.4, -0.2) is 9.13 Å². The van der Waals surface area contributed by atoms with Gasteiger partial charge in [-0.3, -0.25) is 5.41 Å². The van der Waals surface area contributed by atoms with Gasteiger partial charge in [-0.2, -0.15) is 0 Å². The predicted molar refractivity (Wildman–Crippen MR) is 53.6 cm³/mol. The zero-order valence-corrected chi connectivity index (χ0v) is 8.75. The predicted octanol–water partition coefficient (Wildman–Crippen LogP) is 2.15. The molecule has 0 aliphatic carbocycles. The van der Waals surface area contributed by atoms with Crippen molar-refractivity contribution in [3.63, 3.8) is 0 Å². The lowest BCUT2D eigenvalue weighted by molar-refractivity contribution is 0.521. The Hall–Kier alpha value is -0.990. The lowest BCUT2D eigenvalue weighted by Gasteiger charge is -2.06. The van der Waals surface area contributed by atoms with Gasteiger partial charge in [0.15, 0.2) is 0 Å². The fraction of sp³-hybridized carbons (Fsp3) is 0.700. The molecule has 0 spiro atoms. The summed E-state index contributed by atoms with van der Waals surface area (Å²) in [7, 11) is 0. The van der Waals surface area contributed by atoms with Crippen LogP contribution in [0.3, 0.4) is 0 Å². The topological polar surface area (TPSA) is 33.7 Å². The van der Waals surface area contributed by atoms with E-state index in [0.717, 1.165) is 13.0 Å². The van der Waals surface area contributed by atoms with Crippen LogP contribution in [0.15, 0.2) is 12.4 Å². The van der Waals surface area contributed by atoms with E-state index in [2.05, 4.69) is 20.8 Å². The molecule has 0 saturated heterocycles. The molecule has 1 aromatic rings. The Morgan fingerprint density at radius 3 is 2.54 bits per heavy atom. The van der Waals surface area contributed by atoms with E-state index in [1.165, 1.54) is 6.42 Å². The summed E-state index contributed by atoms with van der Waals surface area (Å²) in [5.74, 6) is 0. The molecule has 0 aliphatic rings. The molecule has 0 aromatic carbocycles. The van der Waals surface area contributed by atoms with Gasteiger partial charge in [0.25, 0.3) is 0 Å². The molecule has 3 nitrogen and oxygen atoms in total. The highest BCUT2D eigenvalue weighted by Gasteiger charge is 2.01. The highest BCUT2D eigenvalue weighted by molar-refractivity contribution is 4.81. The van der Waals surface area contributed by atoms with E-state index in [-0.39, 0.29) is 0 Å². The Kier molecular flexibility index (Phi) is 3.34. The SMILES string of the molecule is CCCCn1ccn(C(C)C)c1=N. The average molecular weight is 181 g/mol. The largest absolute Gasteiger partial charge is 0.318 e. The maximum absolute atomic E-state index is 7.86. The molecular formula is C10H19N3. The maximum atomic E-state index is 7.86. The monoisotopic (exact) mass is 181 g/mol. The van der Waals surface area contributed by atoms with Gasteiger partial charge in [0, 0.05) is 25.0 Å². The zero-order chi connectivity index (χ0) is 9.84. The Bertz CT molecular complexity index is 306. The third-order valence-corrected chi connectivity index (χ3v) is 2.23. The van der Waals surface area contributed by atoms with E-state index in [9.17, 15) is 0 Å². The number of imidazole rings is 1. The van der Waals surface area contributed by atoms with Crippen LogP contribution in [0.2, 0.25) is 0 Å². The van der Waals surface area contributed by atoms with Gasteiger partial charge in [-0.25, -0.2) is 0 Å². The molecule has 74 valence electrons. The molecule has 0 fully saturated rings. The normalized spacial score (nSPS) is 11.1. The smallest absolute Gasteiger partial charge is 0.202 e. The molecule has 1 N–H and O–H groups in total. The number of aromatic nitrogens is 2. The maximum Gasteiger partial charge on any atom is 0.202 e. The molecule has 1 aromatic heterocycles. The summed E-state index contributed by atoms with van der Waals surface area (Å²) in [5, 5.41) is 7.86. The molecule has 13 heavy (non-hydrogen) atoms. The van der Waals surface area contributed by atoms with Crippen molar-refractivity contribution in [2.24, 2.45) is 0 Å². The first-order valence-corrected chi connectivity index (χ1v) is 4.98. The summed E-state index contributed by atoms with van der Waals surface area (Å²) in [5.41, 5.74) is 0.614. The molecule has 0 saturated carbocycles. The van der Waals surface area contributed by atoms with Gasteiger partial charge < -0.3 is 9.13 Å². The minimum Gasteiger partial charge on any atom is -0.318 e. The van der Waals surface area contributed by atoms with Gasteiger partial charge in [-0.05, 0) is 20.3 Å². The summed E-state index contributed by atoms with van der Waals surface area (Å²) < 4.78 is 3.99. The van der Waals surface area contributed by atoms with Crippen molar-refractivity contribution in [1.29, 1.82) is 5.41 Å². The molecule has 1 rings (SSSR count). The average Bonchev–Trinajstić information content (AvgIpc) is 2.43. The fourth-order valence-electron chi connectivity index (χ4n) is 1.37. The van der Waals surface area contributed by atoms with E-state index >= 15 is 0 Å². The molecule has 0 atom stereocenters. The van der Waals surface area contributed by atoms with Crippen molar-refractivity contribution < 1.29 is 0 Å². The van der Waals surface area contributed by atoms with Crippen LogP contribution < -0.4 is 5.62 Å². The van der Waals surface area contributed by atoms with Gasteiger partial charge in [0.2, 0.25) is 5.62 Å². The number of unbranched alkanes of at least 4 members (excludes halogenated alkanes) is 1. The number of nitrogens with zero attached hydrogens (tertiary/aromatic N) is 2. The third kappa shape index (κ3) is 2.23. The minimum atomic E-state index is 0.385. The van der Waals surface area contributed by atoms with Crippen LogP contribution in [0.5, 0.6) is 0 Å². The first-order chi connectivity index (χ1) is 6.16. The second-order valence-corrected chi connectivity index (χ2v) is 3.67. The van der Waals surface area contributed by atoms with Crippen molar-refractivity contribution >= 4 is 0 Å². The number of hydrogen-bond acceptors (Lipinski definition) is 1. The van der Waals surface area contributed by atoms with Gasteiger partial charge in [0.05, 0.1) is 0 Å². The van der Waals surface area contributed by atoms with Gasteiger partial charge in [0.1, 0.15) is 0 Å². The second kappa shape index (κ2) is 4.30. The Morgan fingerprint density at radius 1 is 1.38 bits per heavy atom. The minimum absolute atomic E-state index is 0.385. The van der Waals surface area contributed by atoms with Crippen LogP contribution >= 0.6 is 0 Å². The lowest BCUT2D eigenvalue weighted by atomic mass is 10.3. The summed E-state index contributed by atoms with van der Waals surface area (Å²) in [6, 6.07) is 0.385. The summed E-state index contributed by atoms with van der Waals surface area (Å²) in [6.45, 7) is 7.34. The molecule has 0 bridgehead atoms. The van der Waals surface area contributed by atoms with Crippen molar-refractivity contribution in [2.75, 3.05) is 0 Å². The first-order valence-electron chi connectivity index (χ1n) is 4.98. The fourth-order valence-corrected chi connectivity index (χ4v) is 1.37. The van der Waals surface area contributed by atoms with Gasteiger partial charge in [-0.15, -0.1) is 0 Å². The van der Waals surface area contributed by atoms with E-state index in [1.54, 1.807) is 0 Å². The van der Waals surface area contributed by atoms with Crippen LogP contribution in [0, 0.1) is 5.41 Å². The van der Waals surface area contributed by atoms with Crippen LogP contribution in [0.25, 0.3) is 0 Å². The molecule has 0 amide bonds. The van der Waals surface area contributed by atoms with Crippen LogP contribution in [0.4, 0.5) is 0 Å². The summed E-state index contributed by atoms with van der Waals surface area (Å²) in [6.07, 6.45) is 6.32. The highest BCUT2D eigenvalue weighted by atomic mass is 15.2. The number of nitrogens with one attached hydrogen (secondary N) is 1. The van der Waals surface area contributed by atoms with E-state index in [4.69, 9.17) is 5.41 Å². The van der Waals surface area contributed by atoms with Gasteiger partial charge >= 0.3 is 0 Å². The van der Waals surface area contributed by atoms with E-state index < -0.39 is 0 Å². The van der Waals surface area contributed by atoms with E-state index in [0.29, 0.717) is 11.7 Å². The van der Waals surface area contributed by atoms with Crippen molar-refractivity contribution in [3.05, 3.63) is 18.0 Å². The first kappa shape index (κ1) is 10.1. The quantitative estimate of drug-likeness (QED) is 0.738. The molecule has 0 aliphatic heterocycles. The van der Waals surface area contributed by atoms with Crippen LogP contribution in [-0.2, 0) is 6.54 Å². The lowest BCUT2D eigenvalue weighted by Crippen LogP contribution is -2.25. The van der Waals surface area contributed by atoms with Crippen LogP contribution in [0.1, 0.15) is 39.7 Å². The third-order valence-electron chi connectivity index (χ3n) is 2.23. The Labute approximate surface area is 79.5 Å². The Balaban J connectivity index is 2.81. The molecule has 0 radical (unpaired) electrons. The van der Waals surface area contributed by atoms with E-state index in [1.807, 2.05) is 21.5 Å². The number of aryl methyl sites for hydroxylation is 1. The number of rotatable bonds is 4. The molecular weight excluding hydrogens is 162 g/mol. The van der Waals surface area contributed by atoms with Gasteiger partial charge in [-0.1, -0.05) is 13.3 Å². The molecule has 3 heteroatoms. The summed E-state index contributed by atoms with van der Waals surface area (Å²) >= 11 is 0. The van der Waals surface area contributed by atoms with Crippen molar-refractivity contribution in [1.82, 2.24) is 9.13 Å². The molecule has 1 heterocycles. The second-order valence-electron chi connectivity index (χ2n) is 3.67. The zero-order valence-electron chi connectivity index (χ0n) is 8.75.